The molecule has 0 aromatic heterocycles. The fourth-order valence-electron chi connectivity index (χ4n) is 2.69. The molecule has 1 heterocycles. The Bertz CT molecular complexity index is 531. The first-order chi connectivity index (χ1) is 11.1. The molecule has 1 aromatic rings. The van der Waals surface area contributed by atoms with Crippen molar-refractivity contribution in [3.63, 3.8) is 0 Å². The minimum Gasteiger partial charge on any atom is -0.434 e. The van der Waals surface area contributed by atoms with Gasteiger partial charge in [-0.15, -0.1) is 24.0 Å². The predicted molar refractivity (Wildman–Crippen MR) is 102 cm³/mol. The number of alkyl halides is 2. The Labute approximate surface area is 158 Å². The highest BCUT2D eigenvalue weighted by Gasteiger charge is 2.19. The molecule has 1 atom stereocenters. The van der Waals surface area contributed by atoms with Crippen molar-refractivity contribution in [1.29, 1.82) is 0 Å². The van der Waals surface area contributed by atoms with E-state index >= 15 is 0 Å². The van der Waals surface area contributed by atoms with E-state index in [0.717, 1.165) is 19.6 Å². The molecule has 8 heteroatoms. The van der Waals surface area contributed by atoms with Crippen LogP contribution in [0.2, 0.25) is 0 Å². The highest BCUT2D eigenvalue weighted by Crippen LogP contribution is 2.20. The molecule has 1 aliphatic heterocycles. The number of aliphatic imine (C=N–C) groups is 1. The number of likely N-dealkylation sites (tertiary alicyclic amines) is 1. The molecule has 1 aliphatic rings. The second kappa shape index (κ2) is 10.7. The fraction of sp³-hybridized carbons (Fsp3) is 0.562. The van der Waals surface area contributed by atoms with Crippen LogP contribution in [0.4, 0.5) is 8.78 Å². The van der Waals surface area contributed by atoms with Crippen LogP contribution in [0.1, 0.15) is 12.0 Å². The van der Waals surface area contributed by atoms with Gasteiger partial charge in [0.05, 0.1) is 0 Å². The zero-order valence-corrected chi connectivity index (χ0v) is 16.3. The van der Waals surface area contributed by atoms with Crippen LogP contribution in [0, 0.1) is 5.92 Å². The summed E-state index contributed by atoms with van der Waals surface area (Å²) in [6, 6.07) is 6.75. The molecular formula is C16H25F2IN4O. The van der Waals surface area contributed by atoms with Gasteiger partial charge >= 0.3 is 6.61 Å². The molecule has 136 valence electrons. The standard InChI is InChI=1S/C16H24F2N4O.HI/c1-19-16(20-9-12-7-8-22(2)11-12)21-10-13-5-3-4-6-14(13)23-15(17)18;/h3-6,12,15H,7-11H2,1-2H3,(H2,19,20,21);1H. The number of rotatable bonds is 6. The minimum absolute atomic E-state index is 0. The number of hydrogen-bond donors (Lipinski definition) is 2. The van der Waals surface area contributed by atoms with E-state index < -0.39 is 6.61 Å². The van der Waals surface area contributed by atoms with Gasteiger partial charge in [0.1, 0.15) is 5.75 Å². The first-order valence-corrected chi connectivity index (χ1v) is 7.74. The molecule has 0 radical (unpaired) electrons. The van der Waals surface area contributed by atoms with Crippen LogP contribution in [0.3, 0.4) is 0 Å². The van der Waals surface area contributed by atoms with Crippen LogP contribution in [-0.4, -0.2) is 51.2 Å². The quantitative estimate of drug-likeness (QED) is 0.394. The van der Waals surface area contributed by atoms with Gasteiger partial charge in [0.15, 0.2) is 5.96 Å². The summed E-state index contributed by atoms with van der Waals surface area (Å²) >= 11 is 0. The second-order valence-corrected chi connectivity index (χ2v) is 5.71. The average Bonchev–Trinajstić information content (AvgIpc) is 2.94. The molecule has 1 saturated heterocycles. The van der Waals surface area contributed by atoms with Gasteiger partial charge in [-0.1, -0.05) is 18.2 Å². The van der Waals surface area contributed by atoms with E-state index in [1.54, 1.807) is 25.2 Å². The van der Waals surface area contributed by atoms with Gasteiger partial charge in [0.2, 0.25) is 0 Å². The predicted octanol–water partition coefficient (Wildman–Crippen LogP) is 2.52. The molecule has 0 saturated carbocycles. The Morgan fingerprint density at radius 3 is 2.75 bits per heavy atom. The third kappa shape index (κ3) is 6.76. The second-order valence-electron chi connectivity index (χ2n) is 5.71. The topological polar surface area (TPSA) is 48.9 Å². The van der Waals surface area contributed by atoms with Crippen LogP contribution in [0.25, 0.3) is 0 Å². The number of para-hydroxylation sites is 1. The van der Waals surface area contributed by atoms with E-state index in [2.05, 4.69) is 32.3 Å². The molecule has 2 rings (SSSR count). The lowest BCUT2D eigenvalue weighted by Crippen LogP contribution is -2.39. The Balaban J connectivity index is 0.00000288. The summed E-state index contributed by atoms with van der Waals surface area (Å²) in [5.41, 5.74) is 0.663. The molecule has 1 fully saturated rings. The van der Waals surface area contributed by atoms with Crippen LogP contribution in [0.5, 0.6) is 5.75 Å². The van der Waals surface area contributed by atoms with Crippen molar-refractivity contribution in [2.24, 2.45) is 10.9 Å². The van der Waals surface area contributed by atoms with Gasteiger partial charge in [0, 0.05) is 32.2 Å². The molecule has 0 bridgehead atoms. The number of benzene rings is 1. The molecule has 1 unspecified atom stereocenters. The van der Waals surface area contributed by atoms with E-state index in [0.29, 0.717) is 24.0 Å². The Morgan fingerprint density at radius 1 is 1.38 bits per heavy atom. The average molecular weight is 454 g/mol. The lowest BCUT2D eigenvalue weighted by atomic mass is 10.1. The van der Waals surface area contributed by atoms with Gasteiger partial charge in [0.25, 0.3) is 0 Å². The van der Waals surface area contributed by atoms with Crippen LogP contribution in [-0.2, 0) is 6.54 Å². The molecule has 5 nitrogen and oxygen atoms in total. The summed E-state index contributed by atoms with van der Waals surface area (Å²) in [4.78, 5) is 6.47. The molecule has 0 aliphatic carbocycles. The fourth-order valence-corrected chi connectivity index (χ4v) is 2.69. The van der Waals surface area contributed by atoms with E-state index in [1.807, 2.05) is 0 Å². The Kier molecular flexibility index (Phi) is 9.27. The maximum Gasteiger partial charge on any atom is 0.387 e. The SMILES string of the molecule is CN=C(NCc1ccccc1OC(F)F)NCC1CCN(C)C1.I. The number of nitrogens with zero attached hydrogens (tertiary/aromatic N) is 2. The van der Waals surface area contributed by atoms with Crippen LogP contribution < -0.4 is 15.4 Å². The van der Waals surface area contributed by atoms with Crippen molar-refractivity contribution in [1.82, 2.24) is 15.5 Å². The summed E-state index contributed by atoms with van der Waals surface area (Å²) in [7, 11) is 3.81. The lowest BCUT2D eigenvalue weighted by molar-refractivity contribution is -0.0504. The first kappa shape index (κ1) is 20.9. The smallest absolute Gasteiger partial charge is 0.387 e. The monoisotopic (exact) mass is 454 g/mol. The number of halogens is 3. The zero-order chi connectivity index (χ0) is 16.7. The number of nitrogens with one attached hydrogen (secondary N) is 2. The molecule has 0 amide bonds. The highest BCUT2D eigenvalue weighted by molar-refractivity contribution is 14.0. The van der Waals surface area contributed by atoms with Crippen molar-refractivity contribution < 1.29 is 13.5 Å². The number of ether oxygens (including phenoxy) is 1. The van der Waals surface area contributed by atoms with E-state index in [9.17, 15) is 8.78 Å². The normalized spacial score (nSPS) is 18.4. The molecule has 0 spiro atoms. The van der Waals surface area contributed by atoms with E-state index in [1.165, 1.54) is 12.5 Å². The molecule has 2 N–H and O–H groups in total. The third-order valence-electron chi connectivity index (χ3n) is 3.91. The van der Waals surface area contributed by atoms with Crippen molar-refractivity contribution in [3.8, 4) is 5.75 Å². The Hall–Kier alpha value is -1.16. The third-order valence-corrected chi connectivity index (χ3v) is 3.91. The molecule has 24 heavy (non-hydrogen) atoms. The van der Waals surface area contributed by atoms with Gasteiger partial charge in [-0.25, -0.2) is 0 Å². The summed E-state index contributed by atoms with van der Waals surface area (Å²) in [6.45, 7) is 0.589. The first-order valence-electron chi connectivity index (χ1n) is 7.74. The van der Waals surface area contributed by atoms with Crippen molar-refractivity contribution in [3.05, 3.63) is 29.8 Å². The van der Waals surface area contributed by atoms with Crippen LogP contribution in [0.15, 0.2) is 29.3 Å². The van der Waals surface area contributed by atoms with Gasteiger partial charge in [-0.2, -0.15) is 8.78 Å². The minimum atomic E-state index is -2.83. The summed E-state index contributed by atoms with van der Waals surface area (Å²) in [5, 5.41) is 6.42. The summed E-state index contributed by atoms with van der Waals surface area (Å²) in [6.07, 6.45) is 1.17. The maximum absolute atomic E-state index is 12.4. The van der Waals surface area contributed by atoms with Crippen molar-refractivity contribution >= 4 is 29.9 Å². The Morgan fingerprint density at radius 2 is 2.12 bits per heavy atom. The lowest BCUT2D eigenvalue weighted by Gasteiger charge is -2.16. The van der Waals surface area contributed by atoms with Crippen molar-refractivity contribution in [2.45, 2.75) is 19.6 Å². The zero-order valence-electron chi connectivity index (χ0n) is 14.0. The van der Waals surface area contributed by atoms with Gasteiger partial charge in [-0.05, 0) is 32.0 Å². The van der Waals surface area contributed by atoms with E-state index in [-0.39, 0.29) is 29.7 Å². The highest BCUT2D eigenvalue weighted by atomic mass is 127. The summed E-state index contributed by atoms with van der Waals surface area (Å²) < 4.78 is 29.3. The molecular weight excluding hydrogens is 429 g/mol. The largest absolute Gasteiger partial charge is 0.434 e. The number of guanidine groups is 1. The summed E-state index contributed by atoms with van der Waals surface area (Å²) in [5.74, 6) is 1.45. The van der Waals surface area contributed by atoms with E-state index in [4.69, 9.17) is 0 Å². The molecule has 1 aromatic carbocycles. The maximum atomic E-state index is 12.4. The van der Waals surface area contributed by atoms with Crippen LogP contribution >= 0.6 is 24.0 Å². The van der Waals surface area contributed by atoms with Gasteiger partial charge < -0.3 is 20.3 Å². The van der Waals surface area contributed by atoms with Gasteiger partial charge in [-0.3, -0.25) is 4.99 Å². The number of hydrogen-bond acceptors (Lipinski definition) is 3. The van der Waals surface area contributed by atoms with Crippen molar-refractivity contribution in [2.75, 3.05) is 33.7 Å².